The van der Waals surface area contributed by atoms with Crippen LogP contribution in [0.25, 0.3) is 0 Å². The van der Waals surface area contributed by atoms with Gasteiger partial charge in [-0.2, -0.15) is 5.10 Å². The molecule has 0 aliphatic heterocycles. The number of aryl methyl sites for hydroxylation is 2. The zero-order chi connectivity index (χ0) is 14.0. The van der Waals surface area contributed by atoms with Crippen molar-refractivity contribution < 1.29 is 4.74 Å². The molecule has 5 nitrogen and oxygen atoms in total. The van der Waals surface area contributed by atoms with Crippen LogP contribution in [0.4, 0.5) is 0 Å². The van der Waals surface area contributed by atoms with Crippen LogP contribution < -0.4 is 16.0 Å². The van der Waals surface area contributed by atoms with Crippen molar-refractivity contribution in [1.29, 1.82) is 0 Å². The molecule has 102 valence electrons. The van der Waals surface area contributed by atoms with Crippen molar-refractivity contribution in [2.75, 3.05) is 7.11 Å². The maximum Gasteiger partial charge on any atom is 0.124 e. The Morgan fingerprint density at radius 3 is 2.74 bits per heavy atom. The van der Waals surface area contributed by atoms with Gasteiger partial charge >= 0.3 is 0 Å². The molecule has 0 saturated carbocycles. The van der Waals surface area contributed by atoms with Gasteiger partial charge in [0.05, 0.1) is 29.5 Å². The highest BCUT2D eigenvalue weighted by Crippen LogP contribution is 2.33. The smallest absolute Gasteiger partial charge is 0.124 e. The molecule has 1 aromatic carbocycles. The minimum Gasteiger partial charge on any atom is -0.496 e. The summed E-state index contributed by atoms with van der Waals surface area (Å²) in [6.45, 7) is 2.04. The third-order valence-corrected chi connectivity index (χ3v) is 3.68. The Labute approximate surface area is 120 Å². The summed E-state index contributed by atoms with van der Waals surface area (Å²) < 4.78 is 8.11. The molecule has 1 aromatic heterocycles. The van der Waals surface area contributed by atoms with Gasteiger partial charge in [-0.05, 0) is 28.9 Å². The minimum absolute atomic E-state index is 0.197. The number of nitrogens with one attached hydrogen (secondary N) is 1. The molecule has 3 N–H and O–H groups in total. The second kappa shape index (κ2) is 5.73. The Bertz CT molecular complexity index is 563. The summed E-state index contributed by atoms with van der Waals surface area (Å²) in [5, 5.41) is 4.22. The molecule has 2 aromatic rings. The highest BCUT2D eigenvalue weighted by molar-refractivity contribution is 9.10. The normalized spacial score (nSPS) is 12.5. The quantitative estimate of drug-likeness (QED) is 0.667. The second-order valence-corrected chi connectivity index (χ2v) is 5.20. The zero-order valence-electron chi connectivity index (χ0n) is 11.1. The highest BCUT2D eigenvalue weighted by atomic mass is 79.9. The van der Waals surface area contributed by atoms with Gasteiger partial charge < -0.3 is 4.74 Å². The van der Waals surface area contributed by atoms with E-state index in [1.165, 1.54) is 0 Å². The van der Waals surface area contributed by atoms with Crippen molar-refractivity contribution in [3.8, 4) is 5.75 Å². The molecule has 0 aliphatic carbocycles. The molecule has 1 unspecified atom stereocenters. The molecule has 0 spiro atoms. The van der Waals surface area contributed by atoms with Gasteiger partial charge in [-0.25, -0.2) is 5.43 Å². The molecule has 0 amide bonds. The molecular weight excluding hydrogens is 308 g/mol. The van der Waals surface area contributed by atoms with Crippen LogP contribution in [-0.4, -0.2) is 16.9 Å². The van der Waals surface area contributed by atoms with E-state index in [9.17, 15) is 0 Å². The lowest BCUT2D eigenvalue weighted by molar-refractivity contribution is 0.402. The van der Waals surface area contributed by atoms with Crippen LogP contribution in [0.3, 0.4) is 0 Å². The second-order valence-electron chi connectivity index (χ2n) is 4.35. The first kappa shape index (κ1) is 14.0. The Balaban J connectivity index is 2.57. The molecule has 1 heterocycles. The largest absolute Gasteiger partial charge is 0.496 e. The summed E-state index contributed by atoms with van der Waals surface area (Å²) in [5.74, 6) is 6.53. The minimum atomic E-state index is -0.197. The number of rotatable bonds is 4. The summed E-state index contributed by atoms with van der Waals surface area (Å²) in [6, 6.07) is 5.81. The van der Waals surface area contributed by atoms with E-state index in [1.54, 1.807) is 18.0 Å². The van der Waals surface area contributed by atoms with Crippen LogP contribution in [0.5, 0.6) is 5.75 Å². The average molecular weight is 325 g/mol. The monoisotopic (exact) mass is 324 g/mol. The molecule has 19 heavy (non-hydrogen) atoms. The van der Waals surface area contributed by atoms with Crippen LogP contribution >= 0.6 is 15.9 Å². The van der Waals surface area contributed by atoms with Crippen LogP contribution in [-0.2, 0) is 7.05 Å². The molecule has 0 bridgehead atoms. The van der Waals surface area contributed by atoms with Gasteiger partial charge in [-0.15, -0.1) is 0 Å². The van der Waals surface area contributed by atoms with Crippen LogP contribution in [0.15, 0.2) is 28.9 Å². The lowest BCUT2D eigenvalue weighted by atomic mass is 10.0. The average Bonchev–Trinajstić information content (AvgIpc) is 2.72. The van der Waals surface area contributed by atoms with Gasteiger partial charge in [-0.3, -0.25) is 10.5 Å². The van der Waals surface area contributed by atoms with Crippen LogP contribution in [0, 0.1) is 6.92 Å². The number of benzene rings is 1. The van der Waals surface area contributed by atoms with Crippen molar-refractivity contribution in [2.24, 2.45) is 12.9 Å². The molecule has 0 saturated heterocycles. The Hall–Kier alpha value is -1.37. The molecule has 1 atom stereocenters. The Morgan fingerprint density at radius 1 is 1.47 bits per heavy atom. The standard InChI is InChI=1S/C13H17BrN4O/c1-8-4-5-11(19-3)9(6-8)12(17-15)13-10(14)7-16-18(13)2/h4-7,12,17H,15H2,1-3H3. The van der Waals surface area contributed by atoms with Gasteiger partial charge in [0.15, 0.2) is 0 Å². The predicted molar refractivity (Wildman–Crippen MR) is 77.8 cm³/mol. The molecule has 6 heteroatoms. The summed E-state index contributed by atoms with van der Waals surface area (Å²) in [4.78, 5) is 0. The summed E-state index contributed by atoms with van der Waals surface area (Å²) in [7, 11) is 3.53. The van der Waals surface area contributed by atoms with Gasteiger partial charge in [-0.1, -0.05) is 17.7 Å². The van der Waals surface area contributed by atoms with Crippen molar-refractivity contribution in [3.05, 3.63) is 45.7 Å². The number of ether oxygens (including phenoxy) is 1. The van der Waals surface area contributed by atoms with Crippen molar-refractivity contribution >= 4 is 15.9 Å². The third-order valence-electron chi connectivity index (χ3n) is 3.07. The molecule has 0 aliphatic rings. The van der Waals surface area contributed by atoms with Gasteiger partial charge in [0.2, 0.25) is 0 Å². The summed E-state index contributed by atoms with van der Waals surface area (Å²) >= 11 is 3.50. The fourth-order valence-corrected chi connectivity index (χ4v) is 2.72. The lowest BCUT2D eigenvalue weighted by Gasteiger charge is -2.20. The predicted octanol–water partition coefficient (Wildman–Crippen LogP) is 2.05. The maximum atomic E-state index is 5.74. The van der Waals surface area contributed by atoms with Crippen molar-refractivity contribution in [2.45, 2.75) is 13.0 Å². The van der Waals surface area contributed by atoms with Gasteiger partial charge in [0.25, 0.3) is 0 Å². The maximum absolute atomic E-state index is 5.74. The SMILES string of the molecule is COc1ccc(C)cc1C(NN)c1c(Br)cnn1C. The number of aromatic nitrogens is 2. The van der Waals surface area contributed by atoms with Crippen molar-refractivity contribution in [3.63, 3.8) is 0 Å². The van der Waals surface area contributed by atoms with E-state index in [2.05, 4.69) is 32.5 Å². The number of nitrogens with zero attached hydrogens (tertiary/aromatic N) is 2. The number of hydrogen-bond acceptors (Lipinski definition) is 4. The van der Waals surface area contributed by atoms with Crippen LogP contribution in [0.1, 0.15) is 22.9 Å². The fraction of sp³-hybridized carbons (Fsp3) is 0.308. The first-order valence-electron chi connectivity index (χ1n) is 5.86. The van der Waals surface area contributed by atoms with Gasteiger partial charge in [0, 0.05) is 12.6 Å². The Kier molecular flexibility index (Phi) is 4.24. The number of methoxy groups -OCH3 is 1. The third kappa shape index (κ3) is 2.65. The topological polar surface area (TPSA) is 65.1 Å². The first-order chi connectivity index (χ1) is 9.08. The fourth-order valence-electron chi connectivity index (χ4n) is 2.14. The van der Waals surface area contributed by atoms with Crippen LogP contribution in [0.2, 0.25) is 0 Å². The number of hydrogen-bond donors (Lipinski definition) is 2. The van der Waals surface area contributed by atoms with E-state index in [0.29, 0.717) is 0 Å². The molecule has 0 radical (unpaired) electrons. The number of nitrogens with two attached hydrogens (primary N) is 1. The zero-order valence-corrected chi connectivity index (χ0v) is 12.7. The highest BCUT2D eigenvalue weighted by Gasteiger charge is 2.22. The summed E-state index contributed by atoms with van der Waals surface area (Å²) in [5.41, 5.74) is 5.91. The number of hydrazine groups is 1. The van der Waals surface area contributed by atoms with E-state index >= 15 is 0 Å². The van der Waals surface area contributed by atoms with E-state index in [1.807, 2.05) is 26.1 Å². The van der Waals surface area contributed by atoms with Crippen molar-refractivity contribution in [1.82, 2.24) is 15.2 Å². The molecular formula is C13H17BrN4O. The van der Waals surface area contributed by atoms with E-state index in [0.717, 1.165) is 27.0 Å². The molecule has 0 fully saturated rings. The Morgan fingerprint density at radius 2 is 2.21 bits per heavy atom. The lowest BCUT2D eigenvalue weighted by Crippen LogP contribution is -2.31. The summed E-state index contributed by atoms with van der Waals surface area (Å²) in [6.07, 6.45) is 1.75. The number of halogens is 1. The van der Waals surface area contributed by atoms with E-state index in [-0.39, 0.29) is 6.04 Å². The first-order valence-corrected chi connectivity index (χ1v) is 6.65. The van der Waals surface area contributed by atoms with Gasteiger partial charge in [0.1, 0.15) is 5.75 Å². The molecule has 2 rings (SSSR count). The van der Waals surface area contributed by atoms with E-state index < -0.39 is 0 Å². The van der Waals surface area contributed by atoms with E-state index in [4.69, 9.17) is 10.6 Å².